The summed E-state index contributed by atoms with van der Waals surface area (Å²) < 4.78 is 0. The second kappa shape index (κ2) is 7.25. The average Bonchev–Trinajstić information content (AvgIpc) is 2.70. The Kier molecular flexibility index (Phi) is 4.64. The van der Waals surface area contributed by atoms with Crippen LogP contribution >= 0.6 is 0 Å². The van der Waals surface area contributed by atoms with Gasteiger partial charge in [-0.3, -0.25) is 0 Å². The first-order valence-electron chi connectivity index (χ1n) is 9.46. The van der Waals surface area contributed by atoms with E-state index in [2.05, 4.69) is 112 Å². The second-order valence-electron chi connectivity index (χ2n) is 7.29. The Bertz CT molecular complexity index is 1050. The maximum absolute atomic E-state index is 2.23. The van der Waals surface area contributed by atoms with E-state index in [0.717, 1.165) is 0 Å². The highest BCUT2D eigenvalue weighted by atomic mass is 14.1. The van der Waals surface area contributed by atoms with Gasteiger partial charge in [-0.1, -0.05) is 102 Å². The van der Waals surface area contributed by atoms with Crippen LogP contribution in [0.1, 0.15) is 16.7 Å². The van der Waals surface area contributed by atoms with Gasteiger partial charge in [0, 0.05) is 0 Å². The van der Waals surface area contributed by atoms with Crippen molar-refractivity contribution in [2.45, 2.75) is 20.8 Å². The molecule has 0 saturated carbocycles. The highest BCUT2D eigenvalue weighted by molar-refractivity contribution is 5.79. The van der Waals surface area contributed by atoms with Crippen molar-refractivity contribution in [2.24, 2.45) is 0 Å². The Labute approximate surface area is 162 Å². The van der Waals surface area contributed by atoms with Crippen LogP contribution in [0, 0.1) is 20.8 Å². The normalized spacial score (nSPS) is 10.8. The van der Waals surface area contributed by atoms with Crippen LogP contribution in [0.3, 0.4) is 0 Å². The molecule has 0 aromatic heterocycles. The first kappa shape index (κ1) is 17.3. The average molecular weight is 348 g/mol. The number of hydrogen-bond acceptors (Lipinski definition) is 0. The lowest BCUT2D eigenvalue weighted by atomic mass is 9.91. The quantitative estimate of drug-likeness (QED) is 0.357. The molecule has 0 bridgehead atoms. The Balaban J connectivity index is 1.70. The first-order chi connectivity index (χ1) is 13.1. The third-order valence-corrected chi connectivity index (χ3v) is 5.28. The summed E-state index contributed by atoms with van der Waals surface area (Å²) in [5.41, 5.74) is 11.6. The molecule has 4 aromatic rings. The van der Waals surface area contributed by atoms with E-state index >= 15 is 0 Å². The molecule has 0 aliphatic heterocycles. The van der Waals surface area contributed by atoms with Gasteiger partial charge in [0.15, 0.2) is 0 Å². The molecular formula is C27H24. The van der Waals surface area contributed by atoms with Gasteiger partial charge in [0.2, 0.25) is 0 Å². The van der Waals surface area contributed by atoms with Crippen LogP contribution in [0.5, 0.6) is 0 Å². The summed E-state index contributed by atoms with van der Waals surface area (Å²) in [4.78, 5) is 0. The van der Waals surface area contributed by atoms with Crippen LogP contribution in [0.4, 0.5) is 0 Å². The van der Waals surface area contributed by atoms with E-state index in [4.69, 9.17) is 0 Å². The summed E-state index contributed by atoms with van der Waals surface area (Å²) in [5.74, 6) is 0. The maximum Gasteiger partial charge on any atom is -0.0149 e. The fraction of sp³-hybridized carbons (Fsp3) is 0.111. The van der Waals surface area contributed by atoms with E-state index in [1.54, 1.807) is 0 Å². The van der Waals surface area contributed by atoms with Crippen molar-refractivity contribution in [2.75, 3.05) is 0 Å². The summed E-state index contributed by atoms with van der Waals surface area (Å²) in [7, 11) is 0. The molecule has 0 aliphatic rings. The molecule has 0 heteroatoms. The molecular weight excluding hydrogens is 324 g/mol. The zero-order valence-electron chi connectivity index (χ0n) is 16.2. The lowest BCUT2D eigenvalue weighted by molar-refractivity contribution is 1.42. The summed E-state index contributed by atoms with van der Waals surface area (Å²) in [5, 5.41) is 0. The van der Waals surface area contributed by atoms with Crippen molar-refractivity contribution in [1.82, 2.24) is 0 Å². The molecule has 0 heterocycles. The van der Waals surface area contributed by atoms with Crippen LogP contribution in [0.25, 0.3) is 33.4 Å². The van der Waals surface area contributed by atoms with Gasteiger partial charge >= 0.3 is 0 Å². The van der Waals surface area contributed by atoms with E-state index in [1.807, 2.05) is 0 Å². The summed E-state index contributed by atoms with van der Waals surface area (Å²) in [6, 6.07) is 33.0. The zero-order chi connectivity index (χ0) is 18.8. The van der Waals surface area contributed by atoms with Gasteiger partial charge in [-0.15, -0.1) is 0 Å². The second-order valence-corrected chi connectivity index (χ2v) is 7.29. The third-order valence-electron chi connectivity index (χ3n) is 5.28. The van der Waals surface area contributed by atoms with E-state index in [1.165, 1.54) is 50.1 Å². The summed E-state index contributed by atoms with van der Waals surface area (Å²) in [6.07, 6.45) is 0. The number of aryl methyl sites for hydroxylation is 2. The topological polar surface area (TPSA) is 0 Å². The lowest BCUT2D eigenvalue weighted by Crippen LogP contribution is -1.89. The van der Waals surface area contributed by atoms with Gasteiger partial charge in [-0.25, -0.2) is 0 Å². The molecule has 0 nitrogen and oxygen atoms in total. The fourth-order valence-corrected chi connectivity index (χ4v) is 3.58. The van der Waals surface area contributed by atoms with Crippen LogP contribution in [-0.4, -0.2) is 0 Å². The van der Waals surface area contributed by atoms with Crippen molar-refractivity contribution in [3.63, 3.8) is 0 Å². The van der Waals surface area contributed by atoms with E-state index in [-0.39, 0.29) is 0 Å². The van der Waals surface area contributed by atoms with Crippen molar-refractivity contribution < 1.29 is 0 Å². The maximum atomic E-state index is 2.23. The highest BCUT2D eigenvalue weighted by Crippen LogP contribution is 2.33. The minimum absolute atomic E-state index is 1.26. The molecule has 0 amide bonds. The molecule has 4 aromatic carbocycles. The largest absolute Gasteiger partial charge is 0.0610 e. The fourth-order valence-electron chi connectivity index (χ4n) is 3.58. The van der Waals surface area contributed by atoms with E-state index in [0.29, 0.717) is 0 Å². The minimum Gasteiger partial charge on any atom is -0.0610 e. The van der Waals surface area contributed by atoms with Crippen LogP contribution in [-0.2, 0) is 0 Å². The van der Waals surface area contributed by atoms with Gasteiger partial charge in [-0.2, -0.15) is 0 Å². The molecule has 0 atom stereocenters. The Morgan fingerprint density at radius 1 is 0.370 bits per heavy atom. The molecule has 0 N–H and O–H groups in total. The van der Waals surface area contributed by atoms with Crippen molar-refractivity contribution >= 4 is 0 Å². The molecule has 4 rings (SSSR count). The third kappa shape index (κ3) is 3.57. The van der Waals surface area contributed by atoms with Gasteiger partial charge in [0.05, 0.1) is 0 Å². The standard InChI is InChI=1S/C27H24/c1-19-7-11-22(12-8-19)23-15-17-25(18-16-23)27-6-4-5-26(21(27)3)24-13-9-20(2)10-14-24/h4-18H,1-3H3. The van der Waals surface area contributed by atoms with Crippen molar-refractivity contribution in [3.05, 3.63) is 108 Å². The van der Waals surface area contributed by atoms with Gasteiger partial charge < -0.3 is 0 Å². The van der Waals surface area contributed by atoms with E-state index in [9.17, 15) is 0 Å². The Hall–Kier alpha value is -3.12. The van der Waals surface area contributed by atoms with Crippen LogP contribution in [0.15, 0.2) is 91.0 Å². The Morgan fingerprint density at radius 2 is 0.704 bits per heavy atom. The predicted molar refractivity (Wildman–Crippen MR) is 117 cm³/mol. The molecule has 27 heavy (non-hydrogen) atoms. The van der Waals surface area contributed by atoms with Gasteiger partial charge in [0.1, 0.15) is 0 Å². The monoisotopic (exact) mass is 348 g/mol. The summed E-state index contributed by atoms with van der Waals surface area (Å²) >= 11 is 0. The van der Waals surface area contributed by atoms with Gasteiger partial charge in [0.25, 0.3) is 0 Å². The van der Waals surface area contributed by atoms with Crippen LogP contribution < -0.4 is 0 Å². The predicted octanol–water partition coefficient (Wildman–Crippen LogP) is 7.61. The molecule has 0 saturated heterocycles. The number of benzene rings is 4. The molecule has 0 unspecified atom stereocenters. The number of rotatable bonds is 3. The van der Waals surface area contributed by atoms with Crippen molar-refractivity contribution in [1.29, 1.82) is 0 Å². The van der Waals surface area contributed by atoms with E-state index < -0.39 is 0 Å². The molecule has 0 aliphatic carbocycles. The molecule has 132 valence electrons. The smallest absolute Gasteiger partial charge is 0.0149 e. The highest BCUT2D eigenvalue weighted by Gasteiger charge is 2.08. The molecule has 0 fully saturated rings. The van der Waals surface area contributed by atoms with Crippen molar-refractivity contribution in [3.8, 4) is 33.4 Å². The SMILES string of the molecule is Cc1ccc(-c2ccc(-c3cccc(-c4ccc(C)cc4)c3C)cc2)cc1. The molecule has 0 radical (unpaired) electrons. The molecule has 0 spiro atoms. The first-order valence-corrected chi connectivity index (χ1v) is 9.46. The lowest BCUT2D eigenvalue weighted by Gasteiger charge is -2.13. The minimum atomic E-state index is 1.26. The van der Waals surface area contributed by atoms with Crippen LogP contribution in [0.2, 0.25) is 0 Å². The summed E-state index contributed by atoms with van der Waals surface area (Å²) in [6.45, 7) is 6.47. The Morgan fingerprint density at radius 3 is 1.15 bits per heavy atom. The van der Waals surface area contributed by atoms with Gasteiger partial charge in [-0.05, 0) is 59.7 Å². The number of hydrogen-bond donors (Lipinski definition) is 0. The zero-order valence-corrected chi connectivity index (χ0v) is 16.2.